The Hall–Kier alpha value is -3.82. The predicted octanol–water partition coefficient (Wildman–Crippen LogP) is 10.8. The van der Waals surface area contributed by atoms with Crippen LogP contribution < -0.4 is 10.1 Å². The first-order valence-electron chi connectivity index (χ1n) is 22.2. The molecule has 0 radical (unpaired) electrons. The van der Waals surface area contributed by atoms with E-state index in [4.69, 9.17) is 16.0 Å². The van der Waals surface area contributed by atoms with Gasteiger partial charge in [0.05, 0.1) is 11.0 Å². The average Bonchev–Trinajstić information content (AvgIpc) is 3.26. The molecule has 3 N–H and O–H groups in total. The first-order valence-corrected chi connectivity index (χ1v) is 28.1. The second-order valence-electron chi connectivity index (χ2n) is 18.9. The van der Waals surface area contributed by atoms with Gasteiger partial charge in [-0.3, -0.25) is 4.79 Å². The van der Waals surface area contributed by atoms with Gasteiger partial charge in [-0.15, -0.1) is 11.8 Å². The largest absolute Gasteiger partial charge is 0.410 e. The van der Waals surface area contributed by atoms with Gasteiger partial charge >= 0.3 is 0 Å². The van der Waals surface area contributed by atoms with Crippen molar-refractivity contribution in [2.45, 2.75) is 80.5 Å². The second kappa shape index (κ2) is 21.7. The lowest BCUT2D eigenvalue weighted by Gasteiger charge is -2.44. The summed E-state index contributed by atoms with van der Waals surface area (Å²) in [5, 5.41) is 20.5. The lowest BCUT2D eigenvalue weighted by molar-refractivity contribution is -1.19. The maximum atomic E-state index is 13.7. The molecule has 64 heavy (non-hydrogen) atoms. The number of rotatable bonds is 19. The number of thioether (sulfide) groups is 1. The van der Waals surface area contributed by atoms with E-state index in [2.05, 4.69) is 92.2 Å². The number of carbonyl (C=O) groups excluding carboxylic acids is 1. The number of anilines is 1. The number of quaternary nitrogens is 1. The fourth-order valence-corrected chi connectivity index (χ4v) is 11.8. The zero-order valence-corrected chi connectivity index (χ0v) is 41.6. The molecule has 13 heteroatoms. The average molecular weight is 944 g/mol. The molecule has 1 fully saturated rings. The summed E-state index contributed by atoms with van der Waals surface area (Å²) in [5.74, 6) is 0.0101. The highest BCUT2D eigenvalue weighted by atomic mass is 35.5. The standard InChI is InChI=1S/C51H64ClN3O6S2Si/c1-51(2,3)64(6,7)61-50(47-16-12-11-15-46(47)38-17-22-42(52)23-18-38)40-28-31-54(32-29-40)43-24-19-39(20-25-43)49(56)36-63(59,60)45-26-21-41(48(34-45)55(57)58)33-37(27-30-53(4)5)35-62-44-13-9-8-10-14-44/h8-26,34,37,40,50,57-58H,27-33,35-36H2,1-7H3/p+1/t37-,50+/m0/s1. The van der Waals surface area contributed by atoms with E-state index in [0.717, 1.165) is 66.4 Å². The van der Waals surface area contributed by atoms with Crippen LogP contribution in [0.15, 0.2) is 131 Å². The first kappa shape index (κ1) is 49.6. The number of carbonyl (C=O) groups is 1. The summed E-state index contributed by atoms with van der Waals surface area (Å²) in [4.78, 5) is 19.0. The molecule has 5 aromatic carbocycles. The molecule has 1 aliphatic rings. The van der Waals surface area contributed by atoms with Gasteiger partial charge in [0.15, 0.2) is 23.9 Å². The van der Waals surface area contributed by atoms with Gasteiger partial charge in [0.2, 0.25) is 5.69 Å². The number of ketones is 1. The Bertz CT molecular complexity index is 2420. The van der Waals surface area contributed by atoms with Crippen molar-refractivity contribution in [2.24, 2.45) is 11.8 Å². The smallest absolute Gasteiger partial charge is 0.201 e. The Morgan fingerprint density at radius 2 is 1.55 bits per heavy atom. The Morgan fingerprint density at radius 1 is 0.906 bits per heavy atom. The number of piperidine rings is 1. The number of halogens is 1. The van der Waals surface area contributed by atoms with E-state index in [9.17, 15) is 23.6 Å². The molecule has 0 aromatic heterocycles. The third kappa shape index (κ3) is 13.0. The second-order valence-corrected chi connectivity index (χ2v) is 27.2. The van der Waals surface area contributed by atoms with E-state index in [-0.39, 0.29) is 33.6 Å². The van der Waals surface area contributed by atoms with Crippen molar-refractivity contribution in [1.82, 2.24) is 4.90 Å². The van der Waals surface area contributed by atoms with E-state index in [1.807, 2.05) is 56.6 Å². The van der Waals surface area contributed by atoms with E-state index >= 15 is 0 Å². The zero-order valence-electron chi connectivity index (χ0n) is 38.3. The van der Waals surface area contributed by atoms with Crippen molar-refractivity contribution in [3.05, 3.63) is 143 Å². The summed E-state index contributed by atoms with van der Waals surface area (Å²) in [5.41, 5.74) is 5.44. The summed E-state index contributed by atoms with van der Waals surface area (Å²) in [7, 11) is -2.25. The number of benzene rings is 5. The molecule has 2 atom stereocenters. The number of nitrogens with one attached hydrogen (secondary N) is 1. The minimum absolute atomic E-state index is 0.0338. The van der Waals surface area contributed by atoms with Crippen molar-refractivity contribution in [3.63, 3.8) is 0 Å². The van der Waals surface area contributed by atoms with Crippen molar-refractivity contribution < 1.29 is 33.3 Å². The number of nitrogens with zero attached hydrogens (tertiary/aromatic N) is 2. The molecule has 0 saturated carbocycles. The van der Waals surface area contributed by atoms with Crippen LogP contribution in [-0.2, 0) is 20.7 Å². The minimum Gasteiger partial charge on any atom is -0.410 e. The summed E-state index contributed by atoms with van der Waals surface area (Å²) < 4.78 is 34.7. The molecule has 0 unspecified atom stereocenters. The van der Waals surface area contributed by atoms with Crippen LogP contribution in [-0.4, -0.2) is 83.1 Å². The molecule has 1 saturated heterocycles. The molecule has 6 rings (SSSR count). The number of hydrogen-bond acceptors (Lipinski definition) is 9. The van der Waals surface area contributed by atoms with Crippen LogP contribution in [0.4, 0.5) is 11.4 Å². The topological polar surface area (TPSA) is 112 Å². The lowest BCUT2D eigenvalue weighted by atomic mass is 9.84. The third-order valence-corrected chi connectivity index (χ3v) is 20.5. The predicted molar refractivity (Wildman–Crippen MR) is 264 cm³/mol. The van der Waals surface area contributed by atoms with E-state index < -0.39 is 34.9 Å². The molecule has 0 bridgehead atoms. The molecule has 0 spiro atoms. The number of hydrogen-bond donors (Lipinski definition) is 3. The van der Waals surface area contributed by atoms with Crippen LogP contribution in [0.2, 0.25) is 23.2 Å². The van der Waals surface area contributed by atoms with Crippen LogP contribution >= 0.6 is 23.4 Å². The molecule has 0 amide bonds. The van der Waals surface area contributed by atoms with Gasteiger partial charge in [0.25, 0.3) is 0 Å². The molecule has 342 valence electrons. The molecule has 5 aromatic rings. The van der Waals surface area contributed by atoms with Gasteiger partial charge in [-0.1, -0.05) is 93.0 Å². The van der Waals surface area contributed by atoms with Crippen molar-refractivity contribution in [3.8, 4) is 11.1 Å². The maximum Gasteiger partial charge on any atom is 0.201 e. The fourth-order valence-electron chi connectivity index (χ4n) is 8.07. The molecule has 9 nitrogen and oxygen atoms in total. The van der Waals surface area contributed by atoms with Gasteiger partial charge in [-0.2, -0.15) is 10.4 Å². The first-order chi connectivity index (χ1) is 30.3. The number of Topliss-reactive ketones (excluding diaryl/α,β-unsaturated/α-hetero) is 1. The SMILES string of the molecule is CN(C)CC[C@H](CSc1ccccc1)Cc1ccc(S(=O)(=O)CC(=O)c2ccc(N3CCC([C@@H](O[Si](C)(C)C(C)(C)C)c4ccccc4-c4ccc(Cl)cc4)CC3)cc2)cc1[NH+](O)O. The Balaban J connectivity index is 1.12. The van der Waals surface area contributed by atoms with E-state index in [1.165, 1.54) is 17.7 Å². The normalized spacial score (nSPS) is 15.2. The Labute approximate surface area is 391 Å². The summed E-state index contributed by atoms with van der Waals surface area (Å²) in [6.45, 7) is 13.9. The number of sulfone groups is 1. The van der Waals surface area contributed by atoms with Crippen molar-refractivity contribution >= 4 is 58.7 Å². The van der Waals surface area contributed by atoms with Gasteiger partial charge in [-0.25, -0.2) is 8.42 Å². The highest BCUT2D eigenvalue weighted by Crippen LogP contribution is 2.46. The van der Waals surface area contributed by atoms with Gasteiger partial charge in [0, 0.05) is 51.6 Å². The molecule has 1 heterocycles. The van der Waals surface area contributed by atoms with Gasteiger partial charge in [-0.05, 0) is 153 Å². The summed E-state index contributed by atoms with van der Waals surface area (Å²) in [6.07, 6.45) is 3.15. The van der Waals surface area contributed by atoms with Crippen LogP contribution in [0.25, 0.3) is 11.1 Å². The van der Waals surface area contributed by atoms with Gasteiger partial charge in [0.1, 0.15) is 5.75 Å². The van der Waals surface area contributed by atoms with Crippen LogP contribution in [0, 0.1) is 11.8 Å². The summed E-state index contributed by atoms with van der Waals surface area (Å²) in [6, 6.07) is 38.3. The molecule has 1 aliphatic heterocycles. The highest BCUT2D eigenvalue weighted by Gasteiger charge is 2.42. The fraction of sp³-hybridized carbons (Fsp3) is 0.392. The van der Waals surface area contributed by atoms with Crippen molar-refractivity contribution in [2.75, 3.05) is 50.1 Å². The van der Waals surface area contributed by atoms with Gasteiger partial charge < -0.3 is 14.2 Å². The third-order valence-electron chi connectivity index (χ3n) is 12.9. The minimum atomic E-state index is -4.11. The van der Waals surface area contributed by atoms with E-state index in [1.54, 1.807) is 30.0 Å². The highest BCUT2D eigenvalue weighted by molar-refractivity contribution is 7.99. The zero-order chi connectivity index (χ0) is 46.2. The van der Waals surface area contributed by atoms with Crippen LogP contribution in [0.3, 0.4) is 0 Å². The molecular weight excluding hydrogens is 878 g/mol. The molecular formula is C51H65ClN3O6S2Si+. The van der Waals surface area contributed by atoms with Crippen LogP contribution in [0.1, 0.15) is 67.6 Å². The lowest BCUT2D eigenvalue weighted by Crippen LogP contribution is -3.02. The monoisotopic (exact) mass is 942 g/mol. The Morgan fingerprint density at radius 3 is 2.17 bits per heavy atom. The Kier molecular flexibility index (Phi) is 16.8. The van der Waals surface area contributed by atoms with Crippen LogP contribution in [0.5, 0.6) is 0 Å². The molecule has 0 aliphatic carbocycles. The van der Waals surface area contributed by atoms with E-state index in [0.29, 0.717) is 22.6 Å². The van der Waals surface area contributed by atoms with Crippen molar-refractivity contribution in [1.29, 1.82) is 0 Å². The maximum absolute atomic E-state index is 13.7. The summed E-state index contributed by atoms with van der Waals surface area (Å²) >= 11 is 8.02. The quantitative estimate of drug-likeness (QED) is 0.0322.